The number of nitrogens with one attached hydrogen (secondary N) is 2. The predicted molar refractivity (Wildman–Crippen MR) is 105 cm³/mol. The van der Waals surface area contributed by atoms with Crippen LogP contribution in [0.1, 0.15) is 37.3 Å². The molecule has 4 nitrogen and oxygen atoms in total. The van der Waals surface area contributed by atoms with E-state index in [9.17, 15) is 18.0 Å². The summed E-state index contributed by atoms with van der Waals surface area (Å²) < 4.78 is 44.3. The Bertz CT molecular complexity index is 1040. The molecule has 1 aliphatic rings. The molecule has 4 rings (SSSR count). The van der Waals surface area contributed by atoms with E-state index in [1.54, 1.807) is 18.3 Å². The molecule has 1 fully saturated rings. The lowest BCUT2D eigenvalue weighted by Gasteiger charge is -2.43. The maximum absolute atomic E-state index is 12.7. The van der Waals surface area contributed by atoms with Gasteiger partial charge in [-0.15, -0.1) is 0 Å². The average molecular weight is 402 g/mol. The zero-order valence-electron chi connectivity index (χ0n) is 16.0. The molecule has 3 aromatic rings. The number of hydrogen-bond donors (Lipinski definition) is 2. The maximum atomic E-state index is 12.7. The smallest absolute Gasteiger partial charge is 0.416 e. The molecule has 0 saturated heterocycles. The standard InChI is InChI=1S/C22H21F3N2O2/c1-12-17(14-3-5-15(6-4-14)22(23,24)25)10-21(12)29-16-7-8-19-18(9-16)20(11-26-19)27-13(2)28/h3-9,11-12,17,21,26H,10H2,1-2H3,(H,27,28)/t12-,17+,21+/m0/s1. The minimum Gasteiger partial charge on any atom is -0.490 e. The van der Waals surface area contributed by atoms with E-state index in [2.05, 4.69) is 10.3 Å². The number of fused-ring (bicyclic) bond motifs is 1. The number of aromatic nitrogens is 1. The van der Waals surface area contributed by atoms with Crippen molar-refractivity contribution in [1.82, 2.24) is 4.98 Å². The van der Waals surface area contributed by atoms with Gasteiger partial charge in [0.2, 0.25) is 5.91 Å². The summed E-state index contributed by atoms with van der Waals surface area (Å²) in [5.74, 6) is 0.910. The van der Waals surface area contributed by atoms with E-state index in [4.69, 9.17) is 4.74 Å². The number of carbonyl (C=O) groups excluding carboxylic acids is 1. The summed E-state index contributed by atoms with van der Waals surface area (Å²) in [6.45, 7) is 3.50. The Balaban J connectivity index is 1.44. The van der Waals surface area contributed by atoms with E-state index in [0.29, 0.717) is 11.4 Å². The molecule has 1 aliphatic carbocycles. The van der Waals surface area contributed by atoms with Crippen LogP contribution in [0.4, 0.5) is 18.9 Å². The Hall–Kier alpha value is -2.96. The molecule has 2 N–H and O–H groups in total. The molecule has 29 heavy (non-hydrogen) atoms. The molecule has 1 aromatic heterocycles. The third-order valence-corrected chi connectivity index (χ3v) is 5.62. The number of H-pyrrole nitrogens is 1. The number of ether oxygens (including phenoxy) is 1. The summed E-state index contributed by atoms with van der Waals surface area (Å²) in [6.07, 6.45) is -1.84. The Labute approximate surface area is 166 Å². The van der Waals surface area contributed by atoms with Crippen LogP contribution in [0.15, 0.2) is 48.7 Å². The predicted octanol–water partition coefficient (Wildman–Crippen LogP) is 5.72. The zero-order chi connectivity index (χ0) is 20.8. The van der Waals surface area contributed by atoms with Crippen LogP contribution in [0.3, 0.4) is 0 Å². The van der Waals surface area contributed by atoms with Gasteiger partial charge in [-0.1, -0.05) is 19.1 Å². The first-order valence-corrected chi connectivity index (χ1v) is 9.45. The normalized spacial score (nSPS) is 21.6. The fourth-order valence-corrected chi connectivity index (χ4v) is 3.90. The highest BCUT2D eigenvalue weighted by atomic mass is 19.4. The van der Waals surface area contributed by atoms with Gasteiger partial charge in [0, 0.05) is 29.9 Å². The van der Waals surface area contributed by atoms with Gasteiger partial charge in [-0.05, 0) is 48.2 Å². The highest BCUT2D eigenvalue weighted by Crippen LogP contribution is 2.45. The Morgan fingerprint density at radius 3 is 2.52 bits per heavy atom. The van der Waals surface area contributed by atoms with Gasteiger partial charge in [0.05, 0.1) is 11.3 Å². The molecule has 152 valence electrons. The summed E-state index contributed by atoms with van der Waals surface area (Å²) >= 11 is 0. The minimum atomic E-state index is -4.32. The van der Waals surface area contributed by atoms with Crippen molar-refractivity contribution in [3.8, 4) is 5.75 Å². The fourth-order valence-electron chi connectivity index (χ4n) is 3.90. The number of rotatable bonds is 4. The number of aromatic amines is 1. The SMILES string of the molecule is CC(=O)Nc1c[nH]c2ccc(O[C@@H]3C[C@@H](c4ccc(C(F)(F)F)cc4)[C@@H]3C)cc12. The molecule has 3 atom stereocenters. The molecule has 0 bridgehead atoms. The summed E-state index contributed by atoms with van der Waals surface area (Å²) in [5, 5.41) is 3.65. The summed E-state index contributed by atoms with van der Waals surface area (Å²) in [6, 6.07) is 11.0. The van der Waals surface area contributed by atoms with Crippen molar-refractivity contribution in [2.75, 3.05) is 5.32 Å². The van der Waals surface area contributed by atoms with Crippen LogP contribution in [0.5, 0.6) is 5.75 Å². The van der Waals surface area contributed by atoms with Crippen molar-refractivity contribution in [3.63, 3.8) is 0 Å². The molecule has 0 aliphatic heterocycles. The van der Waals surface area contributed by atoms with Crippen molar-refractivity contribution < 1.29 is 22.7 Å². The molecule has 7 heteroatoms. The van der Waals surface area contributed by atoms with Crippen LogP contribution < -0.4 is 10.1 Å². The van der Waals surface area contributed by atoms with Crippen molar-refractivity contribution in [2.24, 2.45) is 5.92 Å². The van der Waals surface area contributed by atoms with E-state index in [1.165, 1.54) is 6.92 Å². The zero-order valence-corrected chi connectivity index (χ0v) is 16.0. The van der Waals surface area contributed by atoms with E-state index >= 15 is 0 Å². The highest BCUT2D eigenvalue weighted by Gasteiger charge is 2.40. The lowest BCUT2D eigenvalue weighted by molar-refractivity contribution is -0.137. The molecule has 2 aromatic carbocycles. The van der Waals surface area contributed by atoms with Gasteiger partial charge in [0.1, 0.15) is 11.9 Å². The van der Waals surface area contributed by atoms with E-state index in [0.717, 1.165) is 35.0 Å². The van der Waals surface area contributed by atoms with Gasteiger partial charge in [-0.25, -0.2) is 0 Å². The van der Waals surface area contributed by atoms with Gasteiger partial charge in [-0.2, -0.15) is 13.2 Å². The average Bonchev–Trinajstić information content (AvgIpc) is 3.05. The largest absolute Gasteiger partial charge is 0.490 e. The minimum absolute atomic E-state index is 0.0112. The number of anilines is 1. The number of halogens is 3. The first kappa shape index (κ1) is 19.4. The summed E-state index contributed by atoms with van der Waals surface area (Å²) in [5.41, 5.74) is 1.86. The van der Waals surface area contributed by atoms with Gasteiger partial charge in [-0.3, -0.25) is 4.79 Å². The van der Waals surface area contributed by atoms with Crippen molar-refractivity contribution in [3.05, 3.63) is 59.8 Å². The molecular formula is C22H21F3N2O2. The van der Waals surface area contributed by atoms with Crippen molar-refractivity contribution >= 4 is 22.5 Å². The van der Waals surface area contributed by atoms with Crippen LogP contribution in [-0.2, 0) is 11.0 Å². The molecule has 1 saturated carbocycles. The molecule has 1 amide bonds. The molecule has 0 unspecified atom stereocenters. The lowest BCUT2D eigenvalue weighted by atomic mass is 9.68. The van der Waals surface area contributed by atoms with E-state index in [1.807, 2.05) is 25.1 Å². The van der Waals surface area contributed by atoms with Crippen LogP contribution in [0, 0.1) is 5.92 Å². The lowest BCUT2D eigenvalue weighted by Crippen LogP contribution is -2.41. The van der Waals surface area contributed by atoms with Crippen molar-refractivity contribution in [2.45, 2.75) is 38.5 Å². The van der Waals surface area contributed by atoms with Crippen molar-refractivity contribution in [1.29, 1.82) is 0 Å². The first-order chi connectivity index (χ1) is 13.7. The Morgan fingerprint density at radius 1 is 1.17 bits per heavy atom. The third kappa shape index (κ3) is 3.81. The van der Waals surface area contributed by atoms with Gasteiger partial charge < -0.3 is 15.0 Å². The second-order valence-corrected chi connectivity index (χ2v) is 7.57. The number of carbonyl (C=O) groups is 1. The molecule has 0 radical (unpaired) electrons. The van der Waals surface area contributed by atoms with E-state index < -0.39 is 11.7 Å². The fraction of sp³-hybridized carbons (Fsp3) is 0.318. The van der Waals surface area contributed by atoms with Gasteiger partial charge in [0.25, 0.3) is 0 Å². The van der Waals surface area contributed by atoms with Crippen LogP contribution in [-0.4, -0.2) is 17.0 Å². The summed E-state index contributed by atoms with van der Waals surface area (Å²) in [7, 11) is 0. The number of benzene rings is 2. The second-order valence-electron chi connectivity index (χ2n) is 7.57. The van der Waals surface area contributed by atoms with Crippen LogP contribution in [0.2, 0.25) is 0 Å². The second kappa shape index (κ2) is 7.13. The quantitative estimate of drug-likeness (QED) is 0.587. The summed E-state index contributed by atoms with van der Waals surface area (Å²) in [4.78, 5) is 14.4. The topological polar surface area (TPSA) is 54.1 Å². The number of amides is 1. The van der Waals surface area contributed by atoms with Gasteiger partial charge in [0.15, 0.2) is 0 Å². The molecular weight excluding hydrogens is 381 g/mol. The molecule has 0 spiro atoms. The van der Waals surface area contributed by atoms with Crippen LogP contribution >= 0.6 is 0 Å². The highest BCUT2D eigenvalue weighted by molar-refractivity contribution is 6.01. The Morgan fingerprint density at radius 2 is 1.90 bits per heavy atom. The van der Waals surface area contributed by atoms with Crippen LogP contribution in [0.25, 0.3) is 10.9 Å². The number of hydrogen-bond acceptors (Lipinski definition) is 2. The number of alkyl halides is 3. The Kier molecular flexibility index (Phi) is 4.76. The van der Waals surface area contributed by atoms with E-state index in [-0.39, 0.29) is 23.8 Å². The monoisotopic (exact) mass is 402 g/mol. The third-order valence-electron chi connectivity index (χ3n) is 5.62. The first-order valence-electron chi connectivity index (χ1n) is 9.45. The molecule has 1 heterocycles. The van der Waals surface area contributed by atoms with Gasteiger partial charge >= 0.3 is 6.18 Å². The maximum Gasteiger partial charge on any atom is 0.416 e.